The van der Waals surface area contributed by atoms with E-state index >= 15 is 0 Å². The number of unbranched alkanes of at least 4 members (excludes halogenated alkanes) is 16. The van der Waals surface area contributed by atoms with E-state index in [1.54, 1.807) is 6.08 Å². The van der Waals surface area contributed by atoms with Gasteiger partial charge in [-0.3, -0.25) is 19.2 Å². The van der Waals surface area contributed by atoms with Crippen molar-refractivity contribution < 1.29 is 74.8 Å². The molecule has 22 heteroatoms. The van der Waals surface area contributed by atoms with Gasteiger partial charge < -0.3 is 52.4 Å². The van der Waals surface area contributed by atoms with E-state index in [1.807, 2.05) is 42.5 Å². The van der Waals surface area contributed by atoms with Gasteiger partial charge in [-0.05, 0) is 118 Å². The predicted molar refractivity (Wildman–Crippen MR) is 299 cm³/mol. The van der Waals surface area contributed by atoms with Crippen LogP contribution >= 0.6 is 0 Å². The summed E-state index contributed by atoms with van der Waals surface area (Å²) in [5.74, 6) is -5.67. The molecule has 2 atom stereocenters. The van der Waals surface area contributed by atoms with Crippen molar-refractivity contribution in [2.75, 3.05) is 39.4 Å². The van der Waals surface area contributed by atoms with Crippen molar-refractivity contribution in [2.24, 2.45) is 11.5 Å². The van der Waals surface area contributed by atoms with Crippen LogP contribution in [0, 0.1) is 0 Å². The summed E-state index contributed by atoms with van der Waals surface area (Å²) in [6, 6.07) is 10.1. The van der Waals surface area contributed by atoms with Crippen molar-refractivity contribution in [1.29, 1.82) is 0 Å². The molecule has 0 spiro atoms. The zero-order valence-corrected chi connectivity index (χ0v) is 47.0. The highest BCUT2D eigenvalue weighted by Gasteiger charge is 2.39. The van der Waals surface area contributed by atoms with Crippen molar-refractivity contribution in [2.45, 2.75) is 192 Å². The van der Waals surface area contributed by atoms with Crippen LogP contribution in [0.3, 0.4) is 0 Å². The normalized spacial score (nSPS) is 11.8. The number of carbonyl (C=O) groups is 6. The van der Waals surface area contributed by atoms with Crippen molar-refractivity contribution in [3.63, 3.8) is 0 Å². The fraction of sp³-hybridized carbons (Fsp3) is 0.621. The summed E-state index contributed by atoms with van der Waals surface area (Å²) in [6.07, 6.45) is 17.3. The molecule has 0 saturated carbocycles. The lowest BCUT2D eigenvalue weighted by atomic mass is 9.97. The zero-order valence-electron chi connectivity index (χ0n) is 47.0. The minimum absolute atomic E-state index is 0.189. The number of nitrogens with one attached hydrogen (secondary N) is 4. The fourth-order valence-electron chi connectivity index (χ4n) is 7.89. The number of alkyl halides is 6. The standard InChI is InChI=1S/C54H88N6O6.2C2HF3O2/c1-5-9-11-13-15-17-19-25-37-57-53(63)47(29-21-23-35-55)59-51(61)41-65-49-34-32-44(40-45(49)28-8-4)46-39-43(27-7-3)31-33-50(46)66-42-52(62)60-48(30-22-24-36-56)54(64)58-38-26-20-18-16-14-12-10-6-2;2*3-2(4,5)1(6)7/h7-8,31-34,39-40,47-48H,3-6,9-30,35-38,41-42,55-56H2,1-2H3,(H,57,63)(H,58,64)(H,59,61)(H,60,62);2*(H,6,7). The summed E-state index contributed by atoms with van der Waals surface area (Å²) >= 11 is 0. The summed E-state index contributed by atoms with van der Waals surface area (Å²) < 4.78 is 75.7. The molecule has 0 bridgehead atoms. The summed E-state index contributed by atoms with van der Waals surface area (Å²) in [7, 11) is 0. The van der Waals surface area contributed by atoms with Crippen molar-refractivity contribution in [3.8, 4) is 22.6 Å². The minimum Gasteiger partial charge on any atom is -0.483 e. The number of amides is 4. The van der Waals surface area contributed by atoms with Crippen LogP contribution in [0.5, 0.6) is 11.5 Å². The molecule has 10 N–H and O–H groups in total. The largest absolute Gasteiger partial charge is 0.490 e. The topological polar surface area (TPSA) is 262 Å². The number of aliphatic carboxylic acids is 2. The number of rotatable bonds is 41. The number of carbonyl (C=O) groups excluding carboxylic acids is 4. The number of ether oxygens (including phenoxy) is 2. The first-order chi connectivity index (χ1) is 38.1. The molecule has 2 unspecified atom stereocenters. The third-order valence-electron chi connectivity index (χ3n) is 12.2. The number of carboxylic acid groups (broad SMARTS) is 2. The molecule has 2 rings (SSSR count). The van der Waals surface area contributed by atoms with E-state index in [0.29, 0.717) is 69.8 Å². The van der Waals surface area contributed by atoms with Crippen molar-refractivity contribution >= 4 is 35.6 Å². The molecule has 80 heavy (non-hydrogen) atoms. The average molecular weight is 1150 g/mol. The Balaban J connectivity index is 0.00000391. The second-order valence-electron chi connectivity index (χ2n) is 19.2. The fourth-order valence-corrected chi connectivity index (χ4v) is 7.89. The molecule has 0 heterocycles. The summed E-state index contributed by atoms with van der Waals surface area (Å²) in [4.78, 5) is 70.8. The summed E-state index contributed by atoms with van der Waals surface area (Å²) in [5.41, 5.74) is 14.9. The van der Waals surface area contributed by atoms with Crippen LogP contribution < -0.4 is 42.2 Å². The molecule has 2 aromatic carbocycles. The van der Waals surface area contributed by atoms with E-state index in [-0.39, 0.29) is 25.0 Å². The molecular weight excluding hydrogens is 1050 g/mol. The average Bonchev–Trinajstić information content (AvgIpc) is 3.40. The van der Waals surface area contributed by atoms with Gasteiger partial charge in [0.2, 0.25) is 11.8 Å². The Morgan fingerprint density at radius 2 is 0.938 bits per heavy atom. The highest BCUT2D eigenvalue weighted by atomic mass is 19.4. The van der Waals surface area contributed by atoms with E-state index in [0.717, 1.165) is 80.0 Å². The third kappa shape index (κ3) is 36.2. The van der Waals surface area contributed by atoms with Crippen LogP contribution in [0.25, 0.3) is 11.1 Å². The van der Waals surface area contributed by atoms with E-state index < -0.39 is 48.2 Å². The van der Waals surface area contributed by atoms with E-state index in [2.05, 4.69) is 48.3 Å². The molecule has 4 amide bonds. The van der Waals surface area contributed by atoms with Crippen LogP contribution in [0.2, 0.25) is 0 Å². The highest BCUT2D eigenvalue weighted by Crippen LogP contribution is 2.35. The Morgan fingerprint density at radius 1 is 0.550 bits per heavy atom. The maximum atomic E-state index is 13.4. The van der Waals surface area contributed by atoms with Gasteiger partial charge in [0, 0.05) is 18.7 Å². The third-order valence-corrected chi connectivity index (χ3v) is 12.2. The SMILES string of the molecule is C=CCc1ccc(OCC(=O)NC(CCCCN)C(=O)NCCCCCCCCCC)c(-c2ccc(OCC(=O)NC(CCCCN)C(=O)NCCCCCCCCCC)c(CC=C)c2)c1.O=C(O)C(F)(F)F.O=C(O)C(F)(F)F. The van der Waals surface area contributed by atoms with Gasteiger partial charge in [-0.15, -0.1) is 13.2 Å². The maximum Gasteiger partial charge on any atom is 0.490 e. The van der Waals surface area contributed by atoms with Crippen LogP contribution in [-0.2, 0) is 41.6 Å². The van der Waals surface area contributed by atoms with Crippen LogP contribution in [0.4, 0.5) is 26.3 Å². The molecule has 0 fully saturated rings. The molecule has 16 nitrogen and oxygen atoms in total. The number of carboxylic acids is 2. The molecule has 454 valence electrons. The first kappa shape index (κ1) is 73.8. The number of hydrogen-bond donors (Lipinski definition) is 8. The lowest BCUT2D eigenvalue weighted by Crippen LogP contribution is -2.48. The van der Waals surface area contributed by atoms with Crippen LogP contribution in [-0.4, -0.2) is 110 Å². The minimum atomic E-state index is -5.08. The van der Waals surface area contributed by atoms with Crippen molar-refractivity contribution in [3.05, 3.63) is 72.8 Å². The van der Waals surface area contributed by atoms with E-state index in [1.165, 1.54) is 64.2 Å². The van der Waals surface area contributed by atoms with Crippen molar-refractivity contribution in [1.82, 2.24) is 21.3 Å². The number of benzene rings is 2. The predicted octanol–water partition coefficient (Wildman–Crippen LogP) is 10.6. The monoisotopic (exact) mass is 1140 g/mol. The van der Waals surface area contributed by atoms with Gasteiger partial charge in [-0.2, -0.15) is 26.3 Å². The summed E-state index contributed by atoms with van der Waals surface area (Å²) in [6.45, 7) is 13.9. The van der Waals surface area contributed by atoms with Gasteiger partial charge in [-0.25, -0.2) is 9.59 Å². The quantitative estimate of drug-likeness (QED) is 0.0176. The first-order valence-corrected chi connectivity index (χ1v) is 28.0. The molecule has 0 saturated heterocycles. The molecule has 0 aliphatic heterocycles. The van der Waals surface area contributed by atoms with E-state index in [9.17, 15) is 45.5 Å². The molecule has 0 aromatic heterocycles. The molecule has 2 aromatic rings. The Labute approximate surface area is 469 Å². The lowest BCUT2D eigenvalue weighted by molar-refractivity contribution is -0.193. The van der Waals surface area contributed by atoms with Gasteiger partial charge in [0.05, 0.1) is 0 Å². The Kier molecular flexibility index (Phi) is 41.1. The van der Waals surface area contributed by atoms with Crippen LogP contribution in [0.1, 0.15) is 166 Å². The molecule has 0 aliphatic carbocycles. The Hall–Kier alpha value is -6.16. The van der Waals surface area contributed by atoms with Gasteiger partial charge in [0.15, 0.2) is 13.2 Å². The maximum absolute atomic E-state index is 13.4. The van der Waals surface area contributed by atoms with Gasteiger partial charge in [0.25, 0.3) is 11.8 Å². The molecule has 0 aliphatic rings. The van der Waals surface area contributed by atoms with Gasteiger partial charge in [0.1, 0.15) is 23.6 Å². The first-order valence-electron chi connectivity index (χ1n) is 28.0. The lowest BCUT2D eigenvalue weighted by Gasteiger charge is -2.20. The Morgan fingerprint density at radius 3 is 1.32 bits per heavy atom. The molecular formula is C58H90F6N6O10. The second-order valence-corrected chi connectivity index (χ2v) is 19.2. The number of halogens is 6. The Bertz CT molecular complexity index is 2090. The summed E-state index contributed by atoms with van der Waals surface area (Å²) in [5, 5.41) is 26.1. The number of nitrogens with two attached hydrogens (primary N) is 2. The van der Waals surface area contributed by atoms with Gasteiger partial charge in [-0.1, -0.05) is 128 Å². The number of allylic oxidation sites excluding steroid dienone is 2. The zero-order chi connectivity index (χ0) is 60.2. The number of hydrogen-bond acceptors (Lipinski definition) is 10. The van der Waals surface area contributed by atoms with Crippen LogP contribution in [0.15, 0.2) is 61.7 Å². The molecule has 0 radical (unpaired) electrons. The highest BCUT2D eigenvalue weighted by molar-refractivity contribution is 5.89. The van der Waals surface area contributed by atoms with Gasteiger partial charge >= 0.3 is 24.3 Å². The smallest absolute Gasteiger partial charge is 0.483 e. The second kappa shape index (κ2) is 44.6. The van der Waals surface area contributed by atoms with E-state index in [4.69, 9.17) is 40.7 Å².